The molecule has 0 radical (unpaired) electrons. The van der Waals surface area contributed by atoms with Gasteiger partial charge in [0.05, 0.1) is 12.8 Å². The molecule has 0 fully saturated rings. The van der Waals surface area contributed by atoms with Crippen LogP contribution in [0.25, 0.3) is 0 Å². The lowest BCUT2D eigenvalue weighted by Crippen LogP contribution is -2.46. The molecule has 0 amide bonds. The standard InChI is InChI=1S/C6H13NO6/c8-2-4(10)6(12)5(11)3(9)1-7-13/h1,3-6,8-13H,2H2/b7-1-/t3-,4-,5-,6-/m1/s1. The van der Waals surface area contributed by atoms with Gasteiger partial charge in [0.15, 0.2) is 0 Å². The average Bonchev–Trinajstić information content (AvgIpc) is 2.14. The normalized spacial score (nSPS) is 21.3. The molecule has 0 aromatic heterocycles. The van der Waals surface area contributed by atoms with Crippen LogP contribution >= 0.6 is 0 Å². The summed E-state index contributed by atoms with van der Waals surface area (Å²) >= 11 is 0. The molecule has 78 valence electrons. The zero-order valence-corrected chi connectivity index (χ0v) is 6.72. The summed E-state index contributed by atoms with van der Waals surface area (Å²) in [6, 6.07) is 0. The van der Waals surface area contributed by atoms with E-state index in [0.29, 0.717) is 6.21 Å². The first-order valence-electron chi connectivity index (χ1n) is 3.55. The molecule has 0 bridgehead atoms. The molecule has 0 rings (SSSR count). The number of aliphatic hydroxyl groups is 5. The van der Waals surface area contributed by atoms with E-state index in [2.05, 4.69) is 5.16 Å². The number of rotatable bonds is 5. The van der Waals surface area contributed by atoms with Crippen molar-refractivity contribution in [1.29, 1.82) is 0 Å². The third kappa shape index (κ3) is 3.66. The summed E-state index contributed by atoms with van der Waals surface area (Å²) in [7, 11) is 0. The Morgan fingerprint density at radius 3 is 2.00 bits per heavy atom. The molecular weight excluding hydrogens is 182 g/mol. The summed E-state index contributed by atoms with van der Waals surface area (Å²) in [5.74, 6) is 0. The smallest absolute Gasteiger partial charge is 0.121 e. The minimum atomic E-state index is -1.72. The fraction of sp³-hybridized carbons (Fsp3) is 0.833. The van der Waals surface area contributed by atoms with Crippen LogP contribution in [0.5, 0.6) is 0 Å². The first-order valence-corrected chi connectivity index (χ1v) is 3.55. The second-order valence-electron chi connectivity index (χ2n) is 2.49. The molecule has 0 heterocycles. The Kier molecular flexibility index (Phi) is 5.51. The van der Waals surface area contributed by atoms with Crippen molar-refractivity contribution in [3.05, 3.63) is 0 Å². The van der Waals surface area contributed by atoms with Gasteiger partial charge in [-0.2, -0.15) is 0 Å². The van der Waals surface area contributed by atoms with Crippen molar-refractivity contribution in [2.75, 3.05) is 6.61 Å². The summed E-state index contributed by atoms with van der Waals surface area (Å²) in [4.78, 5) is 0. The van der Waals surface area contributed by atoms with Gasteiger partial charge in [-0.05, 0) is 0 Å². The van der Waals surface area contributed by atoms with Gasteiger partial charge in [0, 0.05) is 0 Å². The van der Waals surface area contributed by atoms with E-state index in [0.717, 1.165) is 0 Å². The van der Waals surface area contributed by atoms with Crippen LogP contribution in [-0.2, 0) is 0 Å². The highest BCUT2D eigenvalue weighted by Gasteiger charge is 2.29. The summed E-state index contributed by atoms with van der Waals surface area (Å²) in [5, 5.41) is 54.6. The van der Waals surface area contributed by atoms with Crippen LogP contribution in [0.4, 0.5) is 0 Å². The topological polar surface area (TPSA) is 134 Å². The van der Waals surface area contributed by atoms with Crippen molar-refractivity contribution < 1.29 is 30.7 Å². The Morgan fingerprint density at radius 1 is 1.08 bits per heavy atom. The van der Waals surface area contributed by atoms with Crippen molar-refractivity contribution >= 4 is 6.21 Å². The number of oxime groups is 1. The lowest BCUT2D eigenvalue weighted by atomic mass is 10.0. The van der Waals surface area contributed by atoms with E-state index >= 15 is 0 Å². The van der Waals surface area contributed by atoms with Gasteiger partial charge < -0.3 is 30.7 Å². The molecule has 7 nitrogen and oxygen atoms in total. The summed E-state index contributed by atoms with van der Waals surface area (Å²) in [6.45, 7) is -0.749. The number of aliphatic hydroxyl groups excluding tert-OH is 5. The second-order valence-corrected chi connectivity index (χ2v) is 2.49. The molecule has 0 aliphatic carbocycles. The lowest BCUT2D eigenvalue weighted by molar-refractivity contribution is -0.100. The molecule has 0 saturated carbocycles. The molecule has 7 heteroatoms. The molecular formula is C6H13NO6. The Labute approximate surface area is 74.2 Å². The van der Waals surface area contributed by atoms with Crippen molar-refractivity contribution in [2.45, 2.75) is 24.4 Å². The highest BCUT2D eigenvalue weighted by Crippen LogP contribution is 2.03. The summed E-state index contributed by atoms with van der Waals surface area (Å²) in [5.41, 5.74) is 0. The molecule has 0 aliphatic rings. The maximum atomic E-state index is 9.05. The zero-order valence-electron chi connectivity index (χ0n) is 6.72. The van der Waals surface area contributed by atoms with Gasteiger partial charge in [-0.1, -0.05) is 5.16 Å². The largest absolute Gasteiger partial charge is 0.411 e. The number of nitrogens with zero attached hydrogens (tertiary/aromatic N) is 1. The fourth-order valence-electron chi connectivity index (χ4n) is 0.694. The van der Waals surface area contributed by atoms with Crippen molar-refractivity contribution in [2.24, 2.45) is 5.16 Å². The lowest BCUT2D eigenvalue weighted by Gasteiger charge is -2.23. The van der Waals surface area contributed by atoms with Gasteiger partial charge in [-0.3, -0.25) is 0 Å². The average molecular weight is 195 g/mol. The van der Waals surface area contributed by atoms with Crippen molar-refractivity contribution in [3.8, 4) is 0 Å². The van der Waals surface area contributed by atoms with Crippen LogP contribution in [0.15, 0.2) is 5.16 Å². The fourth-order valence-corrected chi connectivity index (χ4v) is 0.694. The van der Waals surface area contributed by atoms with Crippen LogP contribution < -0.4 is 0 Å². The predicted octanol–water partition coefficient (Wildman–Crippen LogP) is -3.12. The van der Waals surface area contributed by atoms with Gasteiger partial charge >= 0.3 is 0 Å². The third-order valence-electron chi connectivity index (χ3n) is 1.50. The highest BCUT2D eigenvalue weighted by molar-refractivity contribution is 5.62. The van der Waals surface area contributed by atoms with E-state index in [4.69, 9.17) is 30.7 Å². The molecule has 0 unspecified atom stereocenters. The van der Waals surface area contributed by atoms with Gasteiger partial charge in [-0.15, -0.1) is 0 Å². The first-order chi connectivity index (χ1) is 6.04. The number of hydrogen-bond donors (Lipinski definition) is 6. The summed E-state index contributed by atoms with van der Waals surface area (Å²) < 4.78 is 0. The quantitative estimate of drug-likeness (QED) is 0.156. The Hall–Kier alpha value is -0.730. The second kappa shape index (κ2) is 5.84. The predicted molar refractivity (Wildman–Crippen MR) is 41.4 cm³/mol. The molecule has 6 N–H and O–H groups in total. The maximum Gasteiger partial charge on any atom is 0.121 e. The minimum Gasteiger partial charge on any atom is -0.411 e. The summed E-state index contributed by atoms with van der Waals surface area (Å²) in [6.07, 6.45) is -6.02. The highest BCUT2D eigenvalue weighted by atomic mass is 16.4. The van der Waals surface area contributed by atoms with Crippen LogP contribution in [0, 0.1) is 0 Å². The molecule has 0 spiro atoms. The third-order valence-corrected chi connectivity index (χ3v) is 1.50. The van der Waals surface area contributed by atoms with E-state index in [1.807, 2.05) is 0 Å². The van der Waals surface area contributed by atoms with Crippen molar-refractivity contribution in [1.82, 2.24) is 0 Å². The number of hydrogen-bond acceptors (Lipinski definition) is 7. The Bertz CT molecular complexity index is 163. The molecule has 0 aromatic rings. The zero-order chi connectivity index (χ0) is 10.4. The Morgan fingerprint density at radius 2 is 1.62 bits per heavy atom. The van der Waals surface area contributed by atoms with Crippen LogP contribution in [0.1, 0.15) is 0 Å². The molecule has 0 aliphatic heterocycles. The first kappa shape index (κ1) is 12.3. The minimum absolute atomic E-state index is 0.581. The maximum absolute atomic E-state index is 9.05. The van der Waals surface area contributed by atoms with E-state index in [9.17, 15) is 0 Å². The van der Waals surface area contributed by atoms with E-state index in [1.165, 1.54) is 0 Å². The van der Waals surface area contributed by atoms with Gasteiger partial charge in [0.25, 0.3) is 0 Å². The van der Waals surface area contributed by atoms with Crippen LogP contribution in [-0.4, -0.2) is 68.0 Å². The van der Waals surface area contributed by atoms with Gasteiger partial charge in [0.2, 0.25) is 0 Å². The van der Waals surface area contributed by atoms with E-state index in [1.54, 1.807) is 0 Å². The molecule has 0 saturated heterocycles. The molecule has 13 heavy (non-hydrogen) atoms. The van der Waals surface area contributed by atoms with Crippen LogP contribution in [0.2, 0.25) is 0 Å². The Balaban J connectivity index is 4.15. The van der Waals surface area contributed by atoms with Crippen LogP contribution in [0.3, 0.4) is 0 Å². The van der Waals surface area contributed by atoms with Gasteiger partial charge in [0.1, 0.15) is 24.4 Å². The molecule has 4 atom stereocenters. The van der Waals surface area contributed by atoms with Crippen molar-refractivity contribution in [3.63, 3.8) is 0 Å². The van der Waals surface area contributed by atoms with Gasteiger partial charge in [-0.25, -0.2) is 0 Å². The van der Waals surface area contributed by atoms with E-state index < -0.39 is 31.0 Å². The van der Waals surface area contributed by atoms with E-state index in [-0.39, 0.29) is 0 Å². The molecule has 0 aromatic carbocycles. The SMILES string of the molecule is OC[C@@H](O)[C@@H](O)[C@H](O)[C@H](O)/C=N\O. The monoisotopic (exact) mass is 195 g/mol.